The minimum Gasteiger partial charge on any atom is -0.490 e. The van der Waals surface area contributed by atoms with Gasteiger partial charge in [0.05, 0.1) is 6.61 Å². The lowest BCUT2D eigenvalue weighted by atomic mass is 9.74. The molecule has 1 N–H and O–H groups in total. The van der Waals surface area contributed by atoms with E-state index in [1.54, 1.807) is 12.1 Å². The molecule has 0 radical (unpaired) electrons. The van der Waals surface area contributed by atoms with Crippen molar-refractivity contribution >= 4 is 17.7 Å². The SMILES string of the molecule is CCOc1cc(C2C(C(=O)N3CCCCC3)=C(C)NC3=C2C(=O)CCC3)ccc1OC(C)=O. The molecule has 1 atom stereocenters. The fourth-order valence-electron chi connectivity index (χ4n) is 5.08. The van der Waals surface area contributed by atoms with Gasteiger partial charge < -0.3 is 19.7 Å². The third-order valence-electron chi connectivity index (χ3n) is 6.50. The number of allylic oxidation sites excluding steroid dienone is 3. The summed E-state index contributed by atoms with van der Waals surface area (Å²) in [7, 11) is 0. The summed E-state index contributed by atoms with van der Waals surface area (Å²) < 4.78 is 11.1. The average molecular weight is 453 g/mol. The maximum atomic E-state index is 13.7. The summed E-state index contributed by atoms with van der Waals surface area (Å²) in [6.07, 6.45) is 5.18. The number of Topliss-reactive ketones (excluding diaryl/α,β-unsaturated/α-hetero) is 1. The lowest BCUT2D eigenvalue weighted by Crippen LogP contribution is -2.42. The molecule has 176 valence electrons. The topological polar surface area (TPSA) is 84.9 Å². The van der Waals surface area contributed by atoms with Gasteiger partial charge in [-0.3, -0.25) is 14.4 Å². The molecule has 0 bridgehead atoms. The maximum absolute atomic E-state index is 13.7. The monoisotopic (exact) mass is 452 g/mol. The zero-order valence-corrected chi connectivity index (χ0v) is 19.7. The van der Waals surface area contributed by atoms with Gasteiger partial charge in [-0.2, -0.15) is 0 Å². The number of hydrogen-bond acceptors (Lipinski definition) is 6. The molecule has 1 fully saturated rings. The van der Waals surface area contributed by atoms with Gasteiger partial charge >= 0.3 is 5.97 Å². The van der Waals surface area contributed by atoms with E-state index in [0.29, 0.717) is 35.7 Å². The minimum absolute atomic E-state index is 0.0170. The number of nitrogens with zero attached hydrogens (tertiary/aromatic N) is 1. The van der Waals surface area contributed by atoms with Crippen LogP contribution < -0.4 is 14.8 Å². The summed E-state index contributed by atoms with van der Waals surface area (Å²) in [5.74, 6) is -0.0972. The fraction of sp³-hybridized carbons (Fsp3) is 0.500. The smallest absolute Gasteiger partial charge is 0.308 e. The standard InChI is InChI=1S/C26H32N2O5/c1-4-32-22-15-18(11-12-21(22)33-17(3)29)24-23(26(31)28-13-6-5-7-14-28)16(2)27-19-9-8-10-20(30)25(19)24/h11-12,15,24,27H,4-10,13-14H2,1-3H3. The molecule has 1 aromatic rings. The van der Waals surface area contributed by atoms with Gasteiger partial charge in [0, 0.05) is 54.9 Å². The molecule has 1 amide bonds. The van der Waals surface area contributed by atoms with E-state index < -0.39 is 11.9 Å². The van der Waals surface area contributed by atoms with Crippen molar-refractivity contribution in [1.29, 1.82) is 0 Å². The van der Waals surface area contributed by atoms with E-state index in [-0.39, 0.29) is 11.7 Å². The van der Waals surface area contributed by atoms with E-state index in [1.165, 1.54) is 6.92 Å². The number of amides is 1. The number of hydrogen-bond donors (Lipinski definition) is 1. The third-order valence-corrected chi connectivity index (χ3v) is 6.50. The second-order valence-corrected chi connectivity index (χ2v) is 8.85. The fourth-order valence-corrected chi connectivity index (χ4v) is 5.08. The Bertz CT molecular complexity index is 1030. The summed E-state index contributed by atoms with van der Waals surface area (Å²) in [5, 5.41) is 3.39. The molecule has 2 aliphatic heterocycles. The number of dihydropyridines is 1. The molecule has 2 heterocycles. The number of ether oxygens (including phenoxy) is 2. The molecule has 3 aliphatic rings. The number of carbonyl (C=O) groups is 3. The van der Waals surface area contributed by atoms with E-state index in [1.807, 2.05) is 24.8 Å². The van der Waals surface area contributed by atoms with Crippen LogP contribution in [0.4, 0.5) is 0 Å². The Labute approximate surface area is 194 Å². The van der Waals surface area contributed by atoms with Crippen molar-refractivity contribution < 1.29 is 23.9 Å². The lowest BCUT2D eigenvalue weighted by molar-refractivity contribution is -0.132. The number of esters is 1. The number of ketones is 1. The Kier molecular flexibility index (Phi) is 6.86. The number of benzene rings is 1. The third kappa shape index (κ3) is 4.68. The molecule has 1 aliphatic carbocycles. The van der Waals surface area contributed by atoms with Crippen LogP contribution in [0.3, 0.4) is 0 Å². The van der Waals surface area contributed by atoms with Crippen LogP contribution in [0.1, 0.15) is 70.8 Å². The average Bonchev–Trinajstić information content (AvgIpc) is 2.79. The van der Waals surface area contributed by atoms with Crippen molar-refractivity contribution in [1.82, 2.24) is 10.2 Å². The summed E-state index contributed by atoms with van der Waals surface area (Å²) >= 11 is 0. The highest BCUT2D eigenvalue weighted by Gasteiger charge is 2.40. The minimum atomic E-state index is -0.478. The summed E-state index contributed by atoms with van der Waals surface area (Å²) in [5.41, 5.74) is 3.79. The van der Waals surface area contributed by atoms with Crippen LogP contribution in [0.2, 0.25) is 0 Å². The summed E-state index contributed by atoms with van der Waals surface area (Å²) in [4.78, 5) is 40.3. The van der Waals surface area contributed by atoms with Crippen LogP contribution in [-0.4, -0.2) is 42.3 Å². The van der Waals surface area contributed by atoms with Crippen LogP contribution in [0, 0.1) is 0 Å². The Morgan fingerprint density at radius 1 is 1.09 bits per heavy atom. The molecule has 7 heteroatoms. The van der Waals surface area contributed by atoms with Gasteiger partial charge in [0.1, 0.15) is 0 Å². The highest BCUT2D eigenvalue weighted by molar-refractivity contribution is 6.05. The van der Waals surface area contributed by atoms with Gasteiger partial charge in [-0.1, -0.05) is 6.07 Å². The van der Waals surface area contributed by atoms with Crippen molar-refractivity contribution in [3.63, 3.8) is 0 Å². The molecule has 0 spiro atoms. The normalized spacial score (nSPS) is 20.9. The number of carbonyl (C=O) groups excluding carboxylic acids is 3. The van der Waals surface area contributed by atoms with Gasteiger partial charge in [-0.15, -0.1) is 0 Å². The number of nitrogens with one attached hydrogen (secondary N) is 1. The van der Waals surface area contributed by atoms with Crippen molar-refractivity contribution in [3.8, 4) is 11.5 Å². The molecule has 0 saturated carbocycles. The first-order valence-corrected chi connectivity index (χ1v) is 11.9. The molecule has 7 nitrogen and oxygen atoms in total. The predicted molar refractivity (Wildman–Crippen MR) is 124 cm³/mol. The first-order chi connectivity index (χ1) is 15.9. The van der Waals surface area contributed by atoms with Gasteiger partial charge in [0.25, 0.3) is 5.91 Å². The molecule has 1 unspecified atom stereocenters. The number of piperidine rings is 1. The van der Waals surface area contributed by atoms with Gasteiger partial charge in [-0.05, 0) is 63.6 Å². The first kappa shape index (κ1) is 23.1. The molecule has 0 aromatic heterocycles. The summed E-state index contributed by atoms with van der Waals surface area (Å²) in [6, 6.07) is 5.33. The first-order valence-electron chi connectivity index (χ1n) is 11.9. The molecule has 1 aromatic carbocycles. The largest absolute Gasteiger partial charge is 0.490 e. The molecule has 4 rings (SSSR count). The molecular weight excluding hydrogens is 420 g/mol. The zero-order chi connectivity index (χ0) is 23.5. The Morgan fingerprint density at radius 2 is 1.85 bits per heavy atom. The highest BCUT2D eigenvalue weighted by Crippen LogP contribution is 2.44. The van der Waals surface area contributed by atoms with Gasteiger partial charge in [0.15, 0.2) is 17.3 Å². The highest BCUT2D eigenvalue weighted by atomic mass is 16.6. The quantitative estimate of drug-likeness (QED) is 0.537. The van der Waals surface area contributed by atoms with Crippen molar-refractivity contribution in [2.75, 3.05) is 19.7 Å². The van der Waals surface area contributed by atoms with E-state index in [0.717, 1.165) is 62.2 Å². The maximum Gasteiger partial charge on any atom is 0.308 e. The predicted octanol–water partition coefficient (Wildman–Crippen LogP) is 3.99. The van der Waals surface area contributed by atoms with Crippen molar-refractivity contribution in [3.05, 3.63) is 46.3 Å². The van der Waals surface area contributed by atoms with Crippen LogP contribution in [0.25, 0.3) is 0 Å². The van der Waals surface area contributed by atoms with Crippen molar-refractivity contribution in [2.24, 2.45) is 0 Å². The van der Waals surface area contributed by atoms with Crippen LogP contribution in [0.15, 0.2) is 40.7 Å². The second-order valence-electron chi connectivity index (χ2n) is 8.85. The van der Waals surface area contributed by atoms with Gasteiger partial charge in [-0.25, -0.2) is 0 Å². The van der Waals surface area contributed by atoms with Gasteiger partial charge in [0.2, 0.25) is 0 Å². The van der Waals surface area contributed by atoms with Crippen LogP contribution >= 0.6 is 0 Å². The molecular formula is C26H32N2O5. The van der Waals surface area contributed by atoms with Crippen LogP contribution in [0.5, 0.6) is 11.5 Å². The van der Waals surface area contributed by atoms with Crippen molar-refractivity contribution in [2.45, 2.75) is 65.2 Å². The Hall–Kier alpha value is -3.09. The van der Waals surface area contributed by atoms with E-state index in [9.17, 15) is 14.4 Å². The van der Waals surface area contributed by atoms with Crippen LogP contribution in [-0.2, 0) is 14.4 Å². The van der Waals surface area contributed by atoms with E-state index in [2.05, 4.69) is 5.32 Å². The molecule has 1 saturated heterocycles. The zero-order valence-electron chi connectivity index (χ0n) is 19.7. The number of rotatable bonds is 5. The lowest BCUT2D eigenvalue weighted by Gasteiger charge is -2.37. The number of likely N-dealkylation sites (tertiary alicyclic amines) is 1. The molecule has 33 heavy (non-hydrogen) atoms. The Balaban J connectivity index is 1.82. The van der Waals surface area contributed by atoms with E-state index in [4.69, 9.17) is 9.47 Å². The Morgan fingerprint density at radius 3 is 2.55 bits per heavy atom. The van der Waals surface area contributed by atoms with E-state index >= 15 is 0 Å². The second kappa shape index (κ2) is 9.81. The summed E-state index contributed by atoms with van der Waals surface area (Å²) in [6.45, 7) is 6.98.